The van der Waals surface area contributed by atoms with Gasteiger partial charge >= 0.3 is 6.03 Å². The number of carbonyl (C=O) groups excluding carboxylic acids is 3. The molecular weight excluding hydrogens is 410 g/mol. The molecule has 0 aliphatic heterocycles. The van der Waals surface area contributed by atoms with Gasteiger partial charge in [-0.1, -0.05) is 35.9 Å². The predicted molar refractivity (Wildman–Crippen MR) is 112 cm³/mol. The lowest BCUT2D eigenvalue weighted by molar-refractivity contribution is -0.134. The van der Waals surface area contributed by atoms with E-state index in [0.717, 1.165) is 4.68 Å². The van der Waals surface area contributed by atoms with Gasteiger partial charge in [-0.2, -0.15) is 9.78 Å². The van der Waals surface area contributed by atoms with Crippen LogP contribution in [0.1, 0.15) is 5.69 Å². The molecule has 30 heavy (non-hydrogen) atoms. The number of para-hydroxylation sites is 1. The predicted octanol–water partition coefficient (Wildman–Crippen LogP) is 0.980. The summed E-state index contributed by atoms with van der Waals surface area (Å²) in [6.45, 7) is 0.118. The molecule has 0 fully saturated rings. The van der Waals surface area contributed by atoms with Gasteiger partial charge in [0.15, 0.2) is 0 Å². The minimum absolute atomic E-state index is 0.122. The first-order chi connectivity index (χ1) is 14.4. The number of primary amides is 1. The fraction of sp³-hybridized carbons (Fsp3) is 0.211. The molecule has 0 saturated heterocycles. The zero-order valence-electron chi connectivity index (χ0n) is 15.9. The lowest BCUT2D eigenvalue weighted by Gasteiger charge is -2.21. The number of nitrogens with two attached hydrogens (primary N) is 2. The van der Waals surface area contributed by atoms with E-state index < -0.39 is 11.9 Å². The summed E-state index contributed by atoms with van der Waals surface area (Å²) in [5, 5.41) is 7.62. The van der Waals surface area contributed by atoms with Crippen molar-refractivity contribution in [3.05, 3.63) is 53.3 Å². The number of halogens is 1. The van der Waals surface area contributed by atoms with E-state index in [1.165, 1.54) is 4.90 Å². The van der Waals surface area contributed by atoms with E-state index in [9.17, 15) is 14.4 Å². The number of amides is 3. The summed E-state index contributed by atoms with van der Waals surface area (Å²) in [4.78, 5) is 42.2. The van der Waals surface area contributed by atoms with Crippen molar-refractivity contribution in [2.75, 3.05) is 25.0 Å². The average molecular weight is 430 g/mol. The maximum atomic E-state index is 12.9. The highest BCUT2D eigenvalue weighted by molar-refractivity contribution is 6.29. The van der Waals surface area contributed by atoms with Crippen LogP contribution in [-0.2, 0) is 16.0 Å². The molecule has 0 bridgehead atoms. The standard InChI is InChI=1S/C19H20ClN7O3/c20-15-6-3-7-16(23-15)24-17(28)11-26(9-8-21)18(29)10-13-12-4-1-2-5-14(12)27(25-13)19(22)30/h1-7H,8-11,21H2,(H2,22,30)(H,23,24,28). The van der Waals surface area contributed by atoms with Gasteiger partial charge in [0.2, 0.25) is 11.8 Å². The fourth-order valence-corrected chi connectivity index (χ4v) is 3.13. The average Bonchev–Trinajstić information content (AvgIpc) is 3.06. The van der Waals surface area contributed by atoms with Crippen molar-refractivity contribution >= 4 is 46.2 Å². The van der Waals surface area contributed by atoms with Gasteiger partial charge < -0.3 is 21.7 Å². The molecule has 0 aliphatic rings. The Balaban J connectivity index is 1.75. The van der Waals surface area contributed by atoms with Gasteiger partial charge in [-0.3, -0.25) is 9.59 Å². The maximum absolute atomic E-state index is 12.9. The molecule has 0 atom stereocenters. The minimum Gasteiger partial charge on any atom is -0.350 e. The summed E-state index contributed by atoms with van der Waals surface area (Å²) in [5.41, 5.74) is 11.9. The largest absolute Gasteiger partial charge is 0.350 e. The first kappa shape index (κ1) is 21.2. The Morgan fingerprint density at radius 1 is 1.13 bits per heavy atom. The van der Waals surface area contributed by atoms with E-state index in [1.54, 1.807) is 42.5 Å². The molecule has 3 rings (SSSR count). The van der Waals surface area contributed by atoms with Crippen LogP contribution in [0.15, 0.2) is 42.5 Å². The van der Waals surface area contributed by atoms with Crippen LogP contribution >= 0.6 is 11.6 Å². The Morgan fingerprint density at radius 3 is 2.60 bits per heavy atom. The summed E-state index contributed by atoms with van der Waals surface area (Å²) < 4.78 is 1.04. The smallest absolute Gasteiger partial charge is 0.340 e. The molecule has 0 radical (unpaired) electrons. The van der Waals surface area contributed by atoms with Crippen molar-refractivity contribution in [2.24, 2.45) is 11.5 Å². The molecule has 5 N–H and O–H groups in total. The number of nitrogens with one attached hydrogen (secondary N) is 1. The number of fused-ring (bicyclic) bond motifs is 1. The van der Waals surface area contributed by atoms with Crippen molar-refractivity contribution in [3.8, 4) is 0 Å². The molecule has 3 aromatic rings. The first-order valence-electron chi connectivity index (χ1n) is 9.05. The van der Waals surface area contributed by atoms with E-state index in [4.69, 9.17) is 23.1 Å². The molecule has 1 aromatic carbocycles. The topological polar surface area (TPSA) is 149 Å². The second-order valence-electron chi connectivity index (χ2n) is 6.39. The van der Waals surface area contributed by atoms with Gasteiger partial charge in [0.05, 0.1) is 24.2 Å². The quantitative estimate of drug-likeness (QED) is 0.476. The molecule has 156 valence electrons. The number of anilines is 1. The SMILES string of the molecule is NCCN(CC(=O)Nc1cccc(Cl)n1)C(=O)Cc1nn(C(N)=O)c2ccccc12. The Bertz CT molecular complexity index is 1100. The number of pyridine rings is 1. The second-order valence-corrected chi connectivity index (χ2v) is 6.78. The molecule has 0 saturated carbocycles. The third-order valence-electron chi connectivity index (χ3n) is 4.26. The number of rotatable bonds is 7. The summed E-state index contributed by atoms with van der Waals surface area (Å²) in [6.07, 6.45) is -0.122. The third kappa shape index (κ3) is 4.91. The van der Waals surface area contributed by atoms with Crippen molar-refractivity contribution in [1.29, 1.82) is 0 Å². The van der Waals surface area contributed by atoms with Crippen LogP contribution in [-0.4, -0.2) is 57.1 Å². The summed E-state index contributed by atoms with van der Waals surface area (Å²) in [6, 6.07) is 11.0. The van der Waals surface area contributed by atoms with E-state index in [-0.39, 0.29) is 42.9 Å². The van der Waals surface area contributed by atoms with Gasteiger partial charge in [0.1, 0.15) is 11.0 Å². The molecule has 0 aliphatic carbocycles. The number of carbonyl (C=O) groups is 3. The molecule has 0 unspecified atom stereocenters. The Labute approximate surface area is 176 Å². The van der Waals surface area contributed by atoms with E-state index >= 15 is 0 Å². The van der Waals surface area contributed by atoms with Gasteiger partial charge in [0, 0.05) is 18.5 Å². The van der Waals surface area contributed by atoms with E-state index in [2.05, 4.69) is 15.4 Å². The number of hydrogen-bond acceptors (Lipinski definition) is 6. The fourth-order valence-electron chi connectivity index (χ4n) is 2.97. The highest BCUT2D eigenvalue weighted by atomic mass is 35.5. The Morgan fingerprint density at radius 2 is 1.90 bits per heavy atom. The van der Waals surface area contributed by atoms with Crippen LogP contribution in [0.4, 0.5) is 10.6 Å². The summed E-state index contributed by atoms with van der Waals surface area (Å²) in [5.74, 6) is -0.535. The lowest BCUT2D eigenvalue weighted by Crippen LogP contribution is -2.41. The molecular formula is C19H20ClN7O3. The molecule has 2 heterocycles. The van der Waals surface area contributed by atoms with Gasteiger partial charge in [-0.15, -0.1) is 0 Å². The molecule has 2 aromatic heterocycles. The van der Waals surface area contributed by atoms with Crippen LogP contribution in [0.2, 0.25) is 5.15 Å². The monoisotopic (exact) mass is 429 g/mol. The zero-order valence-corrected chi connectivity index (χ0v) is 16.7. The molecule has 10 nitrogen and oxygen atoms in total. The van der Waals surface area contributed by atoms with Crippen LogP contribution in [0.5, 0.6) is 0 Å². The third-order valence-corrected chi connectivity index (χ3v) is 4.47. The molecule has 11 heteroatoms. The van der Waals surface area contributed by atoms with Crippen LogP contribution in [0, 0.1) is 0 Å². The van der Waals surface area contributed by atoms with E-state index in [1.807, 2.05) is 0 Å². The number of benzene rings is 1. The zero-order chi connectivity index (χ0) is 21.7. The minimum atomic E-state index is -0.753. The number of aromatic nitrogens is 3. The first-order valence-corrected chi connectivity index (χ1v) is 9.43. The van der Waals surface area contributed by atoms with Crippen molar-refractivity contribution in [3.63, 3.8) is 0 Å². The highest BCUT2D eigenvalue weighted by Crippen LogP contribution is 2.19. The van der Waals surface area contributed by atoms with Crippen molar-refractivity contribution < 1.29 is 14.4 Å². The van der Waals surface area contributed by atoms with Crippen molar-refractivity contribution in [2.45, 2.75) is 6.42 Å². The van der Waals surface area contributed by atoms with Crippen LogP contribution < -0.4 is 16.8 Å². The summed E-state index contributed by atoms with van der Waals surface area (Å²) >= 11 is 5.81. The maximum Gasteiger partial charge on any atom is 0.340 e. The van der Waals surface area contributed by atoms with Gasteiger partial charge in [-0.05, 0) is 18.2 Å². The molecule has 3 amide bonds. The van der Waals surface area contributed by atoms with Crippen LogP contribution in [0.25, 0.3) is 10.9 Å². The van der Waals surface area contributed by atoms with Crippen molar-refractivity contribution in [1.82, 2.24) is 19.7 Å². The van der Waals surface area contributed by atoms with Gasteiger partial charge in [0.25, 0.3) is 0 Å². The number of hydrogen-bond donors (Lipinski definition) is 3. The Kier molecular flexibility index (Phi) is 6.60. The van der Waals surface area contributed by atoms with Gasteiger partial charge in [-0.25, -0.2) is 9.78 Å². The van der Waals surface area contributed by atoms with E-state index in [0.29, 0.717) is 16.6 Å². The normalized spacial score (nSPS) is 10.7. The Hall–Kier alpha value is -3.50. The summed E-state index contributed by atoms with van der Waals surface area (Å²) in [7, 11) is 0. The number of nitrogens with zero attached hydrogens (tertiary/aromatic N) is 4. The van der Waals surface area contributed by atoms with Crippen LogP contribution in [0.3, 0.4) is 0 Å². The second kappa shape index (κ2) is 9.33. The highest BCUT2D eigenvalue weighted by Gasteiger charge is 2.21. The lowest BCUT2D eigenvalue weighted by atomic mass is 10.1. The molecule has 0 spiro atoms.